The average molecular weight is 290 g/mol. The topological polar surface area (TPSA) is 58.6 Å². The van der Waals surface area contributed by atoms with Gasteiger partial charge in [0.2, 0.25) is 11.8 Å². The van der Waals surface area contributed by atoms with Crippen LogP contribution >= 0.6 is 0 Å². The minimum atomic E-state index is -0.118. The molecule has 0 unspecified atom stereocenters. The van der Waals surface area contributed by atoms with Crippen LogP contribution in [0.2, 0.25) is 0 Å². The van der Waals surface area contributed by atoms with Gasteiger partial charge >= 0.3 is 0 Å². The van der Waals surface area contributed by atoms with E-state index in [1.807, 2.05) is 24.3 Å². The van der Waals surface area contributed by atoms with Crippen molar-refractivity contribution in [1.82, 2.24) is 10.2 Å². The number of likely N-dealkylation sites (tertiary alicyclic amines) is 1. The van der Waals surface area contributed by atoms with Crippen molar-refractivity contribution < 1.29 is 14.3 Å². The van der Waals surface area contributed by atoms with Gasteiger partial charge in [0, 0.05) is 19.5 Å². The van der Waals surface area contributed by atoms with Gasteiger partial charge in [-0.15, -0.1) is 0 Å². The molecule has 1 fully saturated rings. The van der Waals surface area contributed by atoms with Gasteiger partial charge in [-0.2, -0.15) is 0 Å². The molecule has 1 aliphatic rings. The molecule has 0 aliphatic carbocycles. The van der Waals surface area contributed by atoms with Crippen molar-refractivity contribution in [2.75, 3.05) is 20.2 Å². The number of amides is 2. The summed E-state index contributed by atoms with van der Waals surface area (Å²) >= 11 is 0. The van der Waals surface area contributed by atoms with E-state index >= 15 is 0 Å². The SMILES string of the molecule is COc1cccc(CNC(=O)CN2CCCCCC2=O)c1. The summed E-state index contributed by atoms with van der Waals surface area (Å²) in [5.74, 6) is 0.738. The van der Waals surface area contributed by atoms with Crippen LogP contribution in [0, 0.1) is 0 Å². The van der Waals surface area contributed by atoms with Gasteiger partial charge in [-0.05, 0) is 30.5 Å². The van der Waals surface area contributed by atoms with Crippen molar-refractivity contribution in [2.45, 2.75) is 32.2 Å². The molecule has 0 bridgehead atoms. The number of hydrogen-bond acceptors (Lipinski definition) is 3. The summed E-state index contributed by atoms with van der Waals surface area (Å²) in [5, 5.41) is 2.85. The first kappa shape index (κ1) is 15.4. The third-order valence-electron chi connectivity index (χ3n) is 3.63. The highest BCUT2D eigenvalue weighted by Gasteiger charge is 2.18. The van der Waals surface area contributed by atoms with Crippen LogP contribution in [0.25, 0.3) is 0 Å². The predicted molar refractivity (Wildman–Crippen MR) is 79.9 cm³/mol. The lowest BCUT2D eigenvalue weighted by Crippen LogP contribution is -2.40. The number of hydrogen-bond donors (Lipinski definition) is 1. The fourth-order valence-electron chi connectivity index (χ4n) is 2.42. The standard InChI is InChI=1S/C16H22N2O3/c1-21-14-7-5-6-13(10-14)11-17-15(19)12-18-9-4-2-3-8-16(18)20/h5-7,10H,2-4,8-9,11-12H2,1H3,(H,17,19). The maximum atomic E-state index is 12.0. The number of carbonyl (C=O) groups excluding carboxylic acids is 2. The average Bonchev–Trinajstić information content (AvgIpc) is 2.70. The first-order chi connectivity index (χ1) is 10.2. The molecule has 0 saturated carbocycles. The van der Waals surface area contributed by atoms with Crippen LogP contribution in [0.5, 0.6) is 5.75 Å². The number of methoxy groups -OCH3 is 1. The Hall–Kier alpha value is -2.04. The molecule has 0 spiro atoms. The smallest absolute Gasteiger partial charge is 0.239 e. The van der Waals surface area contributed by atoms with E-state index in [1.165, 1.54) is 0 Å². The molecule has 1 saturated heterocycles. The van der Waals surface area contributed by atoms with E-state index in [0.717, 1.165) is 30.6 Å². The van der Waals surface area contributed by atoms with Crippen LogP contribution < -0.4 is 10.1 Å². The number of carbonyl (C=O) groups is 2. The number of benzene rings is 1. The third kappa shape index (κ3) is 4.77. The fourth-order valence-corrected chi connectivity index (χ4v) is 2.42. The summed E-state index contributed by atoms with van der Waals surface area (Å²) in [6, 6.07) is 7.57. The zero-order chi connectivity index (χ0) is 15.1. The monoisotopic (exact) mass is 290 g/mol. The summed E-state index contributed by atoms with van der Waals surface area (Å²) < 4.78 is 5.15. The van der Waals surface area contributed by atoms with Gasteiger partial charge in [0.25, 0.3) is 0 Å². The molecule has 1 heterocycles. The Morgan fingerprint density at radius 1 is 1.33 bits per heavy atom. The molecule has 2 rings (SSSR count). The number of ether oxygens (including phenoxy) is 1. The Kier molecular flexibility index (Phi) is 5.60. The molecule has 0 radical (unpaired) electrons. The number of nitrogens with zero attached hydrogens (tertiary/aromatic N) is 1. The molecule has 2 amide bonds. The van der Waals surface area contributed by atoms with E-state index in [0.29, 0.717) is 19.5 Å². The molecular formula is C16H22N2O3. The molecule has 1 aliphatic heterocycles. The molecule has 114 valence electrons. The minimum Gasteiger partial charge on any atom is -0.497 e. The molecule has 1 aromatic carbocycles. The molecule has 5 nitrogen and oxygen atoms in total. The van der Waals surface area contributed by atoms with E-state index in [9.17, 15) is 9.59 Å². The molecule has 5 heteroatoms. The Morgan fingerprint density at radius 3 is 3.00 bits per heavy atom. The zero-order valence-corrected chi connectivity index (χ0v) is 12.4. The van der Waals surface area contributed by atoms with E-state index in [-0.39, 0.29) is 18.4 Å². The second-order valence-electron chi connectivity index (χ2n) is 5.25. The number of rotatable bonds is 5. The van der Waals surface area contributed by atoms with Crippen LogP contribution in [0.15, 0.2) is 24.3 Å². The maximum absolute atomic E-state index is 12.0. The van der Waals surface area contributed by atoms with Crippen molar-refractivity contribution in [1.29, 1.82) is 0 Å². The molecule has 21 heavy (non-hydrogen) atoms. The van der Waals surface area contributed by atoms with Crippen molar-refractivity contribution in [2.24, 2.45) is 0 Å². The summed E-state index contributed by atoms with van der Waals surface area (Å²) in [6.45, 7) is 1.28. The minimum absolute atomic E-state index is 0.0871. The Balaban J connectivity index is 1.82. The van der Waals surface area contributed by atoms with E-state index in [4.69, 9.17) is 4.74 Å². The highest BCUT2D eigenvalue weighted by atomic mass is 16.5. The molecule has 1 aromatic rings. The second kappa shape index (κ2) is 7.67. The highest BCUT2D eigenvalue weighted by molar-refractivity contribution is 5.84. The largest absolute Gasteiger partial charge is 0.497 e. The number of nitrogens with one attached hydrogen (secondary N) is 1. The first-order valence-electron chi connectivity index (χ1n) is 7.36. The lowest BCUT2D eigenvalue weighted by molar-refractivity contribution is -0.135. The van der Waals surface area contributed by atoms with Crippen LogP contribution in [-0.2, 0) is 16.1 Å². The fraction of sp³-hybridized carbons (Fsp3) is 0.500. The van der Waals surface area contributed by atoms with Crippen molar-refractivity contribution in [3.05, 3.63) is 29.8 Å². The van der Waals surface area contributed by atoms with Crippen LogP contribution in [0.4, 0.5) is 0 Å². The second-order valence-corrected chi connectivity index (χ2v) is 5.25. The van der Waals surface area contributed by atoms with Gasteiger partial charge in [0.1, 0.15) is 5.75 Å². The summed E-state index contributed by atoms with van der Waals surface area (Å²) in [6.07, 6.45) is 3.53. The summed E-state index contributed by atoms with van der Waals surface area (Å²) in [5.41, 5.74) is 0.977. The zero-order valence-electron chi connectivity index (χ0n) is 12.4. The quantitative estimate of drug-likeness (QED) is 0.898. The highest BCUT2D eigenvalue weighted by Crippen LogP contribution is 2.13. The summed E-state index contributed by atoms with van der Waals surface area (Å²) in [7, 11) is 1.61. The normalized spacial score (nSPS) is 15.5. The van der Waals surface area contributed by atoms with Crippen molar-refractivity contribution in [3.63, 3.8) is 0 Å². The van der Waals surface area contributed by atoms with Crippen molar-refractivity contribution in [3.8, 4) is 5.75 Å². The van der Waals surface area contributed by atoms with Gasteiger partial charge in [0.05, 0.1) is 13.7 Å². The molecule has 0 aromatic heterocycles. The van der Waals surface area contributed by atoms with Gasteiger partial charge in [-0.1, -0.05) is 18.6 Å². The molecule has 1 N–H and O–H groups in total. The predicted octanol–water partition coefficient (Wildman–Crippen LogP) is 1.71. The Bertz CT molecular complexity index is 502. The molecular weight excluding hydrogens is 268 g/mol. The lowest BCUT2D eigenvalue weighted by atomic mass is 10.2. The van der Waals surface area contributed by atoms with Crippen LogP contribution in [0.1, 0.15) is 31.2 Å². The third-order valence-corrected chi connectivity index (χ3v) is 3.63. The van der Waals surface area contributed by atoms with Gasteiger partial charge in [-0.25, -0.2) is 0 Å². The molecule has 0 atom stereocenters. The van der Waals surface area contributed by atoms with Crippen LogP contribution in [0.3, 0.4) is 0 Å². The Morgan fingerprint density at radius 2 is 2.19 bits per heavy atom. The Labute approximate surface area is 125 Å². The summed E-state index contributed by atoms with van der Waals surface area (Å²) in [4.78, 5) is 25.5. The van der Waals surface area contributed by atoms with E-state index in [2.05, 4.69) is 5.32 Å². The van der Waals surface area contributed by atoms with Gasteiger partial charge in [0.15, 0.2) is 0 Å². The van der Waals surface area contributed by atoms with Crippen LogP contribution in [-0.4, -0.2) is 36.9 Å². The maximum Gasteiger partial charge on any atom is 0.239 e. The van der Waals surface area contributed by atoms with Crippen molar-refractivity contribution >= 4 is 11.8 Å². The van der Waals surface area contributed by atoms with E-state index in [1.54, 1.807) is 12.0 Å². The lowest BCUT2D eigenvalue weighted by Gasteiger charge is -2.19. The van der Waals surface area contributed by atoms with Gasteiger partial charge < -0.3 is 15.0 Å². The first-order valence-corrected chi connectivity index (χ1v) is 7.36. The van der Waals surface area contributed by atoms with Gasteiger partial charge in [-0.3, -0.25) is 9.59 Å². The van der Waals surface area contributed by atoms with E-state index < -0.39 is 0 Å².